The van der Waals surface area contributed by atoms with Gasteiger partial charge in [0.25, 0.3) is 0 Å². The van der Waals surface area contributed by atoms with Gasteiger partial charge in [-0.1, -0.05) is 0 Å². The molecule has 0 bridgehead atoms. The van der Waals surface area contributed by atoms with Crippen molar-refractivity contribution in [1.29, 1.82) is 0 Å². The van der Waals surface area contributed by atoms with Gasteiger partial charge < -0.3 is 9.64 Å². The predicted octanol–water partition coefficient (Wildman–Crippen LogP) is 2.12. The molecule has 1 heterocycles. The molecule has 4 heteroatoms. The fourth-order valence-corrected chi connectivity index (χ4v) is 3.08. The van der Waals surface area contributed by atoms with Crippen LogP contribution >= 0.6 is 0 Å². The van der Waals surface area contributed by atoms with Gasteiger partial charge >= 0.3 is 6.09 Å². The fraction of sp³-hybridized carbons (Fsp3) is 0.857. The van der Waals surface area contributed by atoms with Crippen LogP contribution in [-0.2, 0) is 4.74 Å². The molecule has 1 spiro atoms. The molecular formula is C14H25N2O2+. The van der Waals surface area contributed by atoms with Gasteiger partial charge in [0.15, 0.2) is 5.71 Å². The lowest BCUT2D eigenvalue weighted by molar-refractivity contribution is -0.473. The smallest absolute Gasteiger partial charge is 0.410 e. The SMILES string of the molecule is C[N+](C)=C1CC[C@]12CCN(C(=O)OC(C)(C)C)C2. The highest BCUT2D eigenvalue weighted by Crippen LogP contribution is 2.45. The summed E-state index contributed by atoms with van der Waals surface area (Å²) in [5, 5.41) is 0. The summed E-state index contributed by atoms with van der Waals surface area (Å²) in [5.74, 6) is 0. The normalized spacial score (nSPS) is 27.4. The molecule has 1 atom stereocenters. The maximum absolute atomic E-state index is 12.0. The number of likely N-dealkylation sites (tertiary alicyclic amines) is 1. The third-order valence-electron chi connectivity index (χ3n) is 4.00. The first-order chi connectivity index (χ1) is 8.23. The number of rotatable bonds is 0. The van der Waals surface area contributed by atoms with Gasteiger partial charge in [0.1, 0.15) is 19.7 Å². The summed E-state index contributed by atoms with van der Waals surface area (Å²) >= 11 is 0. The summed E-state index contributed by atoms with van der Waals surface area (Å²) in [6.45, 7) is 7.40. The number of hydrogen-bond acceptors (Lipinski definition) is 2. The van der Waals surface area contributed by atoms with Gasteiger partial charge in [-0.05, 0) is 33.6 Å². The molecule has 1 aliphatic carbocycles. The average Bonchev–Trinajstić information content (AvgIpc) is 2.58. The summed E-state index contributed by atoms with van der Waals surface area (Å²) in [6.07, 6.45) is 3.30. The largest absolute Gasteiger partial charge is 0.444 e. The molecule has 18 heavy (non-hydrogen) atoms. The van der Waals surface area contributed by atoms with Crippen molar-refractivity contribution in [3.63, 3.8) is 0 Å². The van der Waals surface area contributed by atoms with Gasteiger partial charge in [-0.2, -0.15) is 0 Å². The van der Waals surface area contributed by atoms with Crippen molar-refractivity contribution < 1.29 is 14.1 Å². The van der Waals surface area contributed by atoms with Crippen LogP contribution in [0.1, 0.15) is 40.0 Å². The molecule has 102 valence electrons. The molecule has 1 aliphatic heterocycles. The lowest BCUT2D eigenvalue weighted by Gasteiger charge is -2.36. The molecule has 0 aromatic heterocycles. The topological polar surface area (TPSA) is 32.5 Å². The van der Waals surface area contributed by atoms with Crippen LogP contribution in [-0.4, -0.2) is 54.1 Å². The van der Waals surface area contributed by atoms with E-state index in [0.717, 1.165) is 19.5 Å². The van der Waals surface area contributed by atoms with Gasteiger partial charge in [0, 0.05) is 19.5 Å². The van der Waals surface area contributed by atoms with Crippen molar-refractivity contribution in [2.45, 2.75) is 45.6 Å². The van der Waals surface area contributed by atoms with E-state index in [9.17, 15) is 4.79 Å². The Hall–Kier alpha value is -1.06. The van der Waals surface area contributed by atoms with Crippen LogP contribution in [0.4, 0.5) is 4.79 Å². The number of hydrogen-bond donors (Lipinski definition) is 0. The van der Waals surface area contributed by atoms with Crippen LogP contribution in [0.15, 0.2) is 0 Å². The number of nitrogens with zero attached hydrogens (tertiary/aromatic N) is 2. The quantitative estimate of drug-likeness (QED) is 0.619. The third-order valence-corrected chi connectivity index (χ3v) is 4.00. The van der Waals surface area contributed by atoms with E-state index < -0.39 is 5.60 Å². The summed E-state index contributed by atoms with van der Waals surface area (Å²) in [5.41, 5.74) is 1.34. The van der Waals surface area contributed by atoms with Gasteiger partial charge in [0.2, 0.25) is 0 Å². The van der Waals surface area contributed by atoms with Crippen LogP contribution in [0.5, 0.6) is 0 Å². The standard InChI is InChI=1S/C14H25N2O2/c1-13(2,3)18-12(17)16-9-8-14(10-16)7-6-11(14)15(4)5/h6-10H2,1-5H3/q+1/t14-/m1/s1. The van der Waals surface area contributed by atoms with Crippen molar-refractivity contribution in [3.05, 3.63) is 0 Å². The van der Waals surface area contributed by atoms with Crippen LogP contribution in [0.2, 0.25) is 0 Å². The van der Waals surface area contributed by atoms with Gasteiger partial charge in [-0.3, -0.25) is 0 Å². The molecule has 4 nitrogen and oxygen atoms in total. The molecular weight excluding hydrogens is 228 g/mol. The van der Waals surface area contributed by atoms with E-state index in [0.29, 0.717) is 0 Å². The molecule has 2 rings (SSSR count). The lowest BCUT2D eigenvalue weighted by atomic mass is 9.66. The van der Waals surface area contributed by atoms with Crippen molar-refractivity contribution in [2.75, 3.05) is 27.2 Å². The zero-order valence-corrected chi connectivity index (χ0v) is 12.2. The Morgan fingerprint density at radius 3 is 2.44 bits per heavy atom. The Kier molecular flexibility index (Phi) is 3.16. The Labute approximate surface area is 110 Å². The molecule has 2 fully saturated rings. The molecule has 1 amide bonds. The van der Waals surface area contributed by atoms with E-state index in [1.54, 1.807) is 0 Å². The van der Waals surface area contributed by atoms with Crippen LogP contribution < -0.4 is 0 Å². The second-order valence-corrected chi connectivity index (χ2v) is 6.77. The highest BCUT2D eigenvalue weighted by atomic mass is 16.6. The Bertz CT molecular complexity index is 391. The molecule has 2 aliphatic rings. The minimum Gasteiger partial charge on any atom is -0.444 e. The van der Waals surface area contributed by atoms with Crippen molar-refractivity contribution in [2.24, 2.45) is 5.41 Å². The molecule has 0 aromatic carbocycles. The van der Waals surface area contributed by atoms with Gasteiger partial charge in [-0.25, -0.2) is 9.37 Å². The minimum absolute atomic E-state index is 0.163. The van der Waals surface area contributed by atoms with E-state index >= 15 is 0 Å². The van der Waals surface area contributed by atoms with E-state index in [4.69, 9.17) is 4.74 Å². The first kappa shape index (κ1) is 13.4. The lowest BCUT2D eigenvalue weighted by Crippen LogP contribution is -2.48. The maximum atomic E-state index is 12.0. The maximum Gasteiger partial charge on any atom is 0.410 e. The number of carbonyl (C=O) groups excluding carboxylic acids is 1. The second kappa shape index (κ2) is 4.25. The third kappa shape index (κ3) is 2.38. The fourth-order valence-electron chi connectivity index (χ4n) is 3.08. The number of ether oxygens (including phenoxy) is 1. The molecule has 0 radical (unpaired) electrons. The highest BCUT2D eigenvalue weighted by Gasteiger charge is 2.54. The van der Waals surface area contributed by atoms with Crippen LogP contribution in [0, 0.1) is 5.41 Å². The van der Waals surface area contributed by atoms with Gasteiger partial charge in [-0.15, -0.1) is 0 Å². The first-order valence-electron chi connectivity index (χ1n) is 6.75. The minimum atomic E-state index is -0.402. The highest BCUT2D eigenvalue weighted by molar-refractivity contribution is 5.92. The zero-order valence-electron chi connectivity index (χ0n) is 12.2. The van der Waals surface area contributed by atoms with Crippen molar-refractivity contribution in [3.8, 4) is 0 Å². The zero-order chi connectivity index (χ0) is 13.6. The first-order valence-corrected chi connectivity index (χ1v) is 6.75. The Balaban J connectivity index is 2.01. The Morgan fingerprint density at radius 1 is 1.33 bits per heavy atom. The van der Waals surface area contributed by atoms with Crippen molar-refractivity contribution >= 4 is 11.8 Å². The van der Waals surface area contributed by atoms with E-state index in [2.05, 4.69) is 18.7 Å². The van der Waals surface area contributed by atoms with Crippen LogP contribution in [0.3, 0.4) is 0 Å². The predicted molar refractivity (Wildman–Crippen MR) is 71.2 cm³/mol. The molecule has 0 unspecified atom stereocenters. The average molecular weight is 253 g/mol. The summed E-state index contributed by atoms with van der Waals surface area (Å²) < 4.78 is 7.67. The number of carbonyl (C=O) groups is 1. The van der Waals surface area contributed by atoms with E-state index in [-0.39, 0.29) is 11.5 Å². The van der Waals surface area contributed by atoms with E-state index in [1.165, 1.54) is 18.6 Å². The molecule has 1 saturated carbocycles. The summed E-state index contributed by atoms with van der Waals surface area (Å²) in [6, 6.07) is 0. The summed E-state index contributed by atoms with van der Waals surface area (Å²) in [7, 11) is 4.21. The van der Waals surface area contributed by atoms with Gasteiger partial charge in [0.05, 0.1) is 5.41 Å². The second-order valence-electron chi connectivity index (χ2n) is 6.77. The summed E-state index contributed by atoms with van der Waals surface area (Å²) in [4.78, 5) is 13.9. The van der Waals surface area contributed by atoms with Crippen molar-refractivity contribution in [1.82, 2.24) is 4.90 Å². The molecule has 1 saturated heterocycles. The Morgan fingerprint density at radius 2 is 2.00 bits per heavy atom. The van der Waals surface area contributed by atoms with E-state index in [1.807, 2.05) is 25.7 Å². The monoisotopic (exact) mass is 253 g/mol. The molecule has 0 N–H and O–H groups in total. The molecule has 0 aromatic rings. The number of amides is 1. The van der Waals surface area contributed by atoms with Crippen LogP contribution in [0.25, 0.3) is 0 Å².